The van der Waals surface area contributed by atoms with Crippen LogP contribution in [0.15, 0.2) is 28.7 Å². The van der Waals surface area contributed by atoms with E-state index in [4.69, 9.17) is 5.11 Å². The second kappa shape index (κ2) is 2.99. The Labute approximate surface area is 62.5 Å². The highest BCUT2D eigenvalue weighted by molar-refractivity contribution is 9.10. The van der Waals surface area contributed by atoms with Gasteiger partial charge in [0.25, 0.3) is 0 Å². The Hall–Kier alpha value is -0.340. The van der Waals surface area contributed by atoms with Crippen molar-refractivity contribution in [3.63, 3.8) is 0 Å². The molecule has 0 saturated heterocycles. The Morgan fingerprint density at radius 1 is 1.22 bits per heavy atom. The largest absolute Gasteiger partial charge is 0.385 e. The zero-order valence-corrected chi connectivity index (χ0v) is 6.30. The van der Waals surface area contributed by atoms with E-state index in [2.05, 4.69) is 15.9 Å². The summed E-state index contributed by atoms with van der Waals surface area (Å²) < 4.78 is 1.02. The SMILES string of the molecule is O[CH]c1ccc(Br)cc1. The molecule has 0 heterocycles. The van der Waals surface area contributed by atoms with Crippen LogP contribution >= 0.6 is 15.9 Å². The maximum atomic E-state index is 8.49. The summed E-state index contributed by atoms with van der Waals surface area (Å²) in [7, 11) is 0. The fourth-order valence-electron chi connectivity index (χ4n) is 0.549. The van der Waals surface area contributed by atoms with Crippen molar-refractivity contribution in [2.24, 2.45) is 0 Å². The van der Waals surface area contributed by atoms with Gasteiger partial charge in [0.2, 0.25) is 0 Å². The van der Waals surface area contributed by atoms with E-state index in [1.807, 2.05) is 24.3 Å². The summed E-state index contributed by atoms with van der Waals surface area (Å²) in [6.45, 7) is 1.08. The van der Waals surface area contributed by atoms with Gasteiger partial charge in [0, 0.05) is 4.47 Å². The molecule has 47 valence electrons. The molecular formula is C7H6BrO. The van der Waals surface area contributed by atoms with Crippen molar-refractivity contribution in [2.75, 3.05) is 0 Å². The quantitative estimate of drug-likeness (QED) is 0.713. The summed E-state index contributed by atoms with van der Waals surface area (Å²) in [5.41, 5.74) is 0.818. The minimum atomic E-state index is 0.818. The van der Waals surface area contributed by atoms with Crippen molar-refractivity contribution >= 4 is 15.9 Å². The number of aliphatic hydroxyl groups is 1. The number of aliphatic hydroxyl groups excluding tert-OH is 1. The molecule has 2 heteroatoms. The zero-order chi connectivity index (χ0) is 6.69. The Morgan fingerprint density at radius 2 is 1.78 bits per heavy atom. The van der Waals surface area contributed by atoms with Crippen molar-refractivity contribution in [3.8, 4) is 0 Å². The summed E-state index contributed by atoms with van der Waals surface area (Å²) in [6.07, 6.45) is 0. The zero-order valence-electron chi connectivity index (χ0n) is 4.71. The second-order valence-electron chi connectivity index (χ2n) is 1.68. The minimum Gasteiger partial charge on any atom is -0.385 e. The first-order chi connectivity index (χ1) is 4.33. The molecule has 1 aromatic carbocycles. The summed E-state index contributed by atoms with van der Waals surface area (Å²) in [6, 6.07) is 7.40. The predicted octanol–water partition coefficient (Wildman–Crippen LogP) is 2.33. The molecule has 0 unspecified atom stereocenters. The normalized spacial score (nSPS) is 9.56. The first-order valence-corrected chi connectivity index (χ1v) is 3.35. The number of benzene rings is 1. The van der Waals surface area contributed by atoms with Crippen LogP contribution in [0.4, 0.5) is 0 Å². The predicted molar refractivity (Wildman–Crippen MR) is 39.5 cm³/mol. The highest BCUT2D eigenvalue weighted by Crippen LogP contribution is 2.10. The number of rotatable bonds is 1. The molecular weight excluding hydrogens is 180 g/mol. The minimum absolute atomic E-state index is 0.818. The van der Waals surface area contributed by atoms with Crippen LogP contribution in [0.3, 0.4) is 0 Å². The molecule has 9 heavy (non-hydrogen) atoms. The van der Waals surface area contributed by atoms with Crippen molar-refractivity contribution in [1.82, 2.24) is 0 Å². The fraction of sp³-hybridized carbons (Fsp3) is 0. The Bertz CT molecular complexity index is 181. The van der Waals surface area contributed by atoms with E-state index in [-0.39, 0.29) is 0 Å². The van der Waals surface area contributed by atoms with Crippen molar-refractivity contribution in [3.05, 3.63) is 40.9 Å². The lowest BCUT2D eigenvalue weighted by Crippen LogP contribution is -1.76. The van der Waals surface area contributed by atoms with Gasteiger partial charge >= 0.3 is 0 Å². The molecule has 0 atom stereocenters. The molecule has 0 amide bonds. The molecule has 1 aromatic rings. The highest BCUT2D eigenvalue weighted by atomic mass is 79.9. The van der Waals surface area contributed by atoms with E-state index in [0.717, 1.165) is 16.6 Å². The molecule has 0 bridgehead atoms. The Morgan fingerprint density at radius 3 is 2.22 bits per heavy atom. The second-order valence-corrected chi connectivity index (χ2v) is 2.60. The molecule has 1 radical (unpaired) electrons. The first-order valence-electron chi connectivity index (χ1n) is 2.56. The average molecular weight is 186 g/mol. The van der Waals surface area contributed by atoms with Crippen LogP contribution in [0.25, 0.3) is 0 Å². The van der Waals surface area contributed by atoms with Crippen molar-refractivity contribution in [2.45, 2.75) is 0 Å². The number of hydrogen-bond donors (Lipinski definition) is 1. The van der Waals surface area contributed by atoms with Gasteiger partial charge < -0.3 is 5.11 Å². The Balaban J connectivity index is 2.88. The van der Waals surface area contributed by atoms with E-state index >= 15 is 0 Å². The van der Waals surface area contributed by atoms with Gasteiger partial charge in [-0.3, -0.25) is 0 Å². The number of halogens is 1. The molecule has 0 saturated carbocycles. The van der Waals surface area contributed by atoms with Crippen LogP contribution in [0.5, 0.6) is 0 Å². The van der Waals surface area contributed by atoms with Gasteiger partial charge in [-0.05, 0) is 17.7 Å². The maximum absolute atomic E-state index is 8.49. The molecule has 0 aromatic heterocycles. The first kappa shape index (κ1) is 6.78. The van der Waals surface area contributed by atoms with Gasteiger partial charge in [0.05, 0.1) is 0 Å². The third-order valence-electron chi connectivity index (χ3n) is 1.02. The van der Waals surface area contributed by atoms with Gasteiger partial charge in [-0.2, -0.15) is 0 Å². The molecule has 1 rings (SSSR count). The van der Waals surface area contributed by atoms with Crippen LogP contribution in [0.1, 0.15) is 5.56 Å². The van der Waals surface area contributed by atoms with Crippen LogP contribution in [-0.2, 0) is 0 Å². The van der Waals surface area contributed by atoms with Crippen molar-refractivity contribution in [1.29, 1.82) is 0 Å². The van der Waals surface area contributed by atoms with Gasteiger partial charge in [-0.15, -0.1) is 0 Å². The topological polar surface area (TPSA) is 20.2 Å². The third-order valence-corrected chi connectivity index (χ3v) is 1.55. The van der Waals surface area contributed by atoms with E-state index < -0.39 is 0 Å². The lowest BCUT2D eigenvalue weighted by atomic mass is 10.2. The lowest BCUT2D eigenvalue weighted by molar-refractivity contribution is 0.415. The third kappa shape index (κ3) is 1.80. The van der Waals surface area contributed by atoms with E-state index in [1.165, 1.54) is 0 Å². The van der Waals surface area contributed by atoms with Crippen LogP contribution < -0.4 is 0 Å². The van der Waals surface area contributed by atoms with Crippen LogP contribution in [0.2, 0.25) is 0 Å². The summed E-state index contributed by atoms with van der Waals surface area (Å²) in [5, 5.41) is 8.49. The van der Waals surface area contributed by atoms with Gasteiger partial charge in [0.1, 0.15) is 6.61 Å². The van der Waals surface area contributed by atoms with E-state index in [0.29, 0.717) is 0 Å². The summed E-state index contributed by atoms with van der Waals surface area (Å²) in [4.78, 5) is 0. The fourth-order valence-corrected chi connectivity index (χ4v) is 0.813. The summed E-state index contributed by atoms with van der Waals surface area (Å²) in [5.74, 6) is 0. The monoisotopic (exact) mass is 185 g/mol. The van der Waals surface area contributed by atoms with Gasteiger partial charge in [-0.1, -0.05) is 28.1 Å². The molecule has 1 N–H and O–H groups in total. The van der Waals surface area contributed by atoms with Crippen LogP contribution in [0, 0.1) is 6.61 Å². The van der Waals surface area contributed by atoms with Gasteiger partial charge in [-0.25, -0.2) is 0 Å². The maximum Gasteiger partial charge on any atom is 0.109 e. The average Bonchev–Trinajstić information content (AvgIpc) is 1.90. The number of hydrogen-bond acceptors (Lipinski definition) is 1. The lowest BCUT2D eigenvalue weighted by Gasteiger charge is -1.92. The van der Waals surface area contributed by atoms with E-state index in [1.54, 1.807) is 0 Å². The standard InChI is InChI=1S/C7H6BrO/c8-7-3-1-6(5-9)2-4-7/h1-5,9H. The van der Waals surface area contributed by atoms with E-state index in [9.17, 15) is 0 Å². The molecule has 0 fully saturated rings. The van der Waals surface area contributed by atoms with Crippen molar-refractivity contribution < 1.29 is 5.11 Å². The van der Waals surface area contributed by atoms with Crippen LogP contribution in [-0.4, -0.2) is 5.11 Å². The van der Waals surface area contributed by atoms with Gasteiger partial charge in [0.15, 0.2) is 0 Å². The molecule has 0 aliphatic carbocycles. The molecule has 0 aliphatic heterocycles. The molecule has 0 spiro atoms. The molecule has 1 nitrogen and oxygen atoms in total. The smallest absolute Gasteiger partial charge is 0.109 e. The highest BCUT2D eigenvalue weighted by Gasteiger charge is 1.87. The Kier molecular flexibility index (Phi) is 2.25. The molecule has 0 aliphatic rings. The summed E-state index contributed by atoms with van der Waals surface area (Å²) >= 11 is 3.28.